The van der Waals surface area contributed by atoms with Crippen LogP contribution < -0.4 is 4.72 Å². The number of halogens is 1. The summed E-state index contributed by atoms with van der Waals surface area (Å²) in [5.41, 5.74) is 1.29. The van der Waals surface area contributed by atoms with E-state index in [4.69, 9.17) is 11.6 Å². The minimum Gasteiger partial charge on any atom is -0.263 e. The predicted molar refractivity (Wildman–Crippen MR) is 70.0 cm³/mol. The van der Waals surface area contributed by atoms with Crippen molar-refractivity contribution in [3.05, 3.63) is 47.3 Å². The van der Waals surface area contributed by atoms with Crippen LogP contribution in [0.25, 0.3) is 0 Å². The van der Waals surface area contributed by atoms with E-state index in [0.717, 1.165) is 5.69 Å². The Morgan fingerprint density at radius 3 is 2.68 bits per heavy atom. The van der Waals surface area contributed by atoms with E-state index >= 15 is 0 Å². The molecule has 2 rings (SSSR count). The highest BCUT2D eigenvalue weighted by Crippen LogP contribution is 2.18. The van der Waals surface area contributed by atoms with Gasteiger partial charge in [0.15, 0.2) is 0 Å². The summed E-state index contributed by atoms with van der Waals surface area (Å²) in [6, 6.07) is 1.42. The van der Waals surface area contributed by atoms with Gasteiger partial charge in [-0.2, -0.15) is 0 Å². The van der Waals surface area contributed by atoms with E-state index in [9.17, 15) is 8.42 Å². The average Bonchev–Trinajstić information content (AvgIpc) is 2.38. The second kappa shape index (κ2) is 5.60. The summed E-state index contributed by atoms with van der Waals surface area (Å²) in [6.07, 6.45) is 5.71. The molecule has 0 aliphatic carbocycles. The van der Waals surface area contributed by atoms with E-state index < -0.39 is 10.0 Å². The smallest absolute Gasteiger partial charge is 0.243 e. The van der Waals surface area contributed by atoms with Gasteiger partial charge in [-0.15, -0.1) is 0 Å². The van der Waals surface area contributed by atoms with Gasteiger partial charge in [0.1, 0.15) is 4.90 Å². The van der Waals surface area contributed by atoms with Crippen LogP contribution in [0.3, 0.4) is 0 Å². The first-order valence-corrected chi connectivity index (χ1v) is 7.22. The molecule has 6 nitrogen and oxygen atoms in total. The number of hydrogen-bond donors (Lipinski definition) is 1. The molecule has 2 aromatic rings. The summed E-state index contributed by atoms with van der Waals surface area (Å²) in [4.78, 5) is 11.8. The summed E-state index contributed by atoms with van der Waals surface area (Å²) >= 11 is 5.82. The molecule has 100 valence electrons. The normalized spacial score (nSPS) is 11.5. The average molecular weight is 299 g/mol. The van der Waals surface area contributed by atoms with Crippen LogP contribution in [0, 0.1) is 6.92 Å². The SMILES string of the molecule is Cc1cnc(CNS(=O)(=O)c2cnccc2Cl)cn1. The molecular formula is C11H11ClN4O2S. The third kappa shape index (κ3) is 3.46. The number of nitrogens with zero attached hydrogens (tertiary/aromatic N) is 3. The van der Waals surface area contributed by atoms with E-state index in [1.54, 1.807) is 13.1 Å². The van der Waals surface area contributed by atoms with Crippen LogP contribution in [0.15, 0.2) is 35.7 Å². The lowest BCUT2D eigenvalue weighted by atomic mass is 10.4. The molecule has 0 atom stereocenters. The lowest BCUT2D eigenvalue weighted by Gasteiger charge is -2.07. The zero-order chi connectivity index (χ0) is 13.9. The fourth-order valence-corrected chi connectivity index (χ4v) is 2.75. The fourth-order valence-electron chi connectivity index (χ4n) is 1.32. The Balaban J connectivity index is 2.14. The first-order chi connectivity index (χ1) is 8.99. The largest absolute Gasteiger partial charge is 0.263 e. The monoisotopic (exact) mass is 298 g/mol. The number of aromatic nitrogens is 3. The van der Waals surface area contributed by atoms with Crippen molar-refractivity contribution in [1.82, 2.24) is 19.7 Å². The molecule has 19 heavy (non-hydrogen) atoms. The van der Waals surface area contributed by atoms with Crippen LogP contribution in [0.4, 0.5) is 0 Å². The number of pyridine rings is 1. The van der Waals surface area contributed by atoms with E-state index in [2.05, 4.69) is 19.7 Å². The molecule has 0 unspecified atom stereocenters. The van der Waals surface area contributed by atoms with Crippen molar-refractivity contribution < 1.29 is 8.42 Å². The van der Waals surface area contributed by atoms with Crippen LogP contribution in [0.1, 0.15) is 11.4 Å². The van der Waals surface area contributed by atoms with Crippen LogP contribution in [0.5, 0.6) is 0 Å². The van der Waals surface area contributed by atoms with Crippen molar-refractivity contribution in [2.75, 3.05) is 0 Å². The minimum atomic E-state index is -3.71. The van der Waals surface area contributed by atoms with E-state index in [1.165, 1.54) is 24.7 Å². The molecule has 0 saturated carbocycles. The standard InChI is InChI=1S/C11H11ClN4O2S/c1-8-4-15-9(5-14-8)6-16-19(17,18)11-7-13-3-2-10(11)12/h2-5,7,16H,6H2,1H3. The lowest BCUT2D eigenvalue weighted by molar-refractivity contribution is 0.580. The third-order valence-electron chi connectivity index (χ3n) is 2.30. The maximum Gasteiger partial charge on any atom is 0.243 e. The molecule has 0 aromatic carbocycles. The van der Waals surface area contributed by atoms with Crippen molar-refractivity contribution >= 4 is 21.6 Å². The zero-order valence-corrected chi connectivity index (χ0v) is 11.6. The summed E-state index contributed by atoms with van der Waals surface area (Å²) < 4.78 is 26.4. The van der Waals surface area contributed by atoms with Crippen molar-refractivity contribution in [3.8, 4) is 0 Å². The Morgan fingerprint density at radius 2 is 2.05 bits per heavy atom. The maximum absolute atomic E-state index is 12.0. The molecule has 0 bridgehead atoms. The van der Waals surface area contributed by atoms with Crippen LogP contribution in [0.2, 0.25) is 5.02 Å². The number of hydrogen-bond acceptors (Lipinski definition) is 5. The molecular weight excluding hydrogens is 288 g/mol. The zero-order valence-electron chi connectivity index (χ0n) is 10.0. The number of aryl methyl sites for hydroxylation is 1. The number of nitrogens with one attached hydrogen (secondary N) is 1. The second-order valence-corrected chi connectivity index (χ2v) is 5.92. The Hall–Kier alpha value is -1.57. The molecule has 2 heterocycles. The first-order valence-electron chi connectivity index (χ1n) is 5.36. The molecule has 0 fully saturated rings. The van der Waals surface area contributed by atoms with Gasteiger partial charge < -0.3 is 0 Å². The fraction of sp³-hybridized carbons (Fsp3) is 0.182. The van der Waals surface area contributed by atoms with Crippen molar-refractivity contribution in [1.29, 1.82) is 0 Å². The van der Waals surface area contributed by atoms with Gasteiger partial charge in [0.05, 0.1) is 29.2 Å². The number of rotatable bonds is 4. The molecule has 0 aliphatic rings. The molecule has 8 heteroatoms. The van der Waals surface area contributed by atoms with E-state index in [0.29, 0.717) is 5.69 Å². The van der Waals surface area contributed by atoms with Crippen molar-refractivity contribution in [2.45, 2.75) is 18.4 Å². The summed E-state index contributed by atoms with van der Waals surface area (Å²) in [7, 11) is -3.71. The van der Waals surface area contributed by atoms with Gasteiger partial charge in [0.2, 0.25) is 10.0 Å². The second-order valence-electron chi connectivity index (χ2n) is 3.78. The van der Waals surface area contributed by atoms with Crippen LogP contribution >= 0.6 is 11.6 Å². The topological polar surface area (TPSA) is 84.8 Å². The molecule has 0 aliphatic heterocycles. The van der Waals surface area contributed by atoms with E-state index in [1.807, 2.05) is 0 Å². The third-order valence-corrected chi connectivity index (χ3v) is 4.17. The predicted octanol–water partition coefficient (Wildman–Crippen LogP) is 1.31. The van der Waals surface area contributed by atoms with Crippen LogP contribution in [-0.4, -0.2) is 23.4 Å². The Morgan fingerprint density at radius 1 is 1.26 bits per heavy atom. The van der Waals surface area contributed by atoms with Gasteiger partial charge in [-0.3, -0.25) is 15.0 Å². The molecule has 0 saturated heterocycles. The van der Waals surface area contributed by atoms with Gasteiger partial charge in [0.25, 0.3) is 0 Å². The van der Waals surface area contributed by atoms with Gasteiger partial charge >= 0.3 is 0 Å². The van der Waals surface area contributed by atoms with E-state index in [-0.39, 0.29) is 16.5 Å². The maximum atomic E-state index is 12.0. The van der Waals surface area contributed by atoms with Gasteiger partial charge in [-0.25, -0.2) is 13.1 Å². The number of sulfonamides is 1. The van der Waals surface area contributed by atoms with Crippen molar-refractivity contribution in [2.24, 2.45) is 0 Å². The highest BCUT2D eigenvalue weighted by Gasteiger charge is 2.17. The Bertz CT molecular complexity index is 673. The molecule has 0 radical (unpaired) electrons. The summed E-state index contributed by atoms with van der Waals surface area (Å²) in [5.74, 6) is 0. The Kier molecular flexibility index (Phi) is 4.08. The highest BCUT2D eigenvalue weighted by molar-refractivity contribution is 7.89. The van der Waals surface area contributed by atoms with Crippen LogP contribution in [-0.2, 0) is 16.6 Å². The first kappa shape index (κ1) is 13.9. The Labute approximate surface area is 115 Å². The molecule has 2 aromatic heterocycles. The van der Waals surface area contributed by atoms with Gasteiger partial charge in [-0.05, 0) is 13.0 Å². The highest BCUT2D eigenvalue weighted by atomic mass is 35.5. The quantitative estimate of drug-likeness (QED) is 0.920. The van der Waals surface area contributed by atoms with Gasteiger partial charge in [-0.1, -0.05) is 11.6 Å². The van der Waals surface area contributed by atoms with Gasteiger partial charge in [0, 0.05) is 18.6 Å². The lowest BCUT2D eigenvalue weighted by Crippen LogP contribution is -2.24. The summed E-state index contributed by atoms with van der Waals surface area (Å²) in [5, 5.41) is 0.123. The molecule has 0 amide bonds. The molecule has 0 spiro atoms. The minimum absolute atomic E-state index is 0.0425. The molecule has 1 N–H and O–H groups in total. The summed E-state index contributed by atoms with van der Waals surface area (Å²) in [6.45, 7) is 1.84. The van der Waals surface area contributed by atoms with Crippen molar-refractivity contribution in [3.63, 3.8) is 0 Å².